The quantitative estimate of drug-likeness (QED) is 0.845. The molecule has 2 N–H and O–H groups in total. The molecule has 2 aromatic carbocycles. The molecule has 2 aromatic rings. The minimum Gasteiger partial charge on any atom is -0.493 e. The molecule has 3 rings (SSSR count). The lowest BCUT2D eigenvalue weighted by Gasteiger charge is -2.10. The first-order valence-electron chi connectivity index (χ1n) is 8.02. The Kier molecular flexibility index (Phi) is 4.88. The molecule has 0 spiro atoms. The zero-order valence-electron chi connectivity index (χ0n) is 14.2. The number of ether oxygens (including phenoxy) is 2. The molecule has 25 heavy (non-hydrogen) atoms. The fourth-order valence-electron chi connectivity index (χ4n) is 2.83. The highest BCUT2D eigenvalue weighted by Gasteiger charge is 2.19. The molecule has 130 valence electrons. The molecule has 0 saturated heterocycles. The largest absolute Gasteiger partial charge is 0.493 e. The van der Waals surface area contributed by atoms with E-state index in [2.05, 4.69) is 10.6 Å². The minimum atomic E-state index is -0.150. The van der Waals surface area contributed by atoms with Gasteiger partial charge < -0.3 is 20.1 Å². The van der Waals surface area contributed by atoms with E-state index in [-0.39, 0.29) is 11.8 Å². The van der Waals surface area contributed by atoms with E-state index in [0.29, 0.717) is 36.4 Å². The van der Waals surface area contributed by atoms with E-state index < -0.39 is 0 Å². The van der Waals surface area contributed by atoms with Gasteiger partial charge in [-0.05, 0) is 47.9 Å². The van der Waals surface area contributed by atoms with Crippen LogP contribution in [0.3, 0.4) is 0 Å². The number of nitrogens with one attached hydrogen (secondary N) is 2. The van der Waals surface area contributed by atoms with Gasteiger partial charge in [-0.25, -0.2) is 0 Å². The number of rotatable bonds is 6. The summed E-state index contributed by atoms with van der Waals surface area (Å²) >= 11 is 0. The second-order valence-electron chi connectivity index (χ2n) is 5.79. The average molecular weight is 340 g/mol. The lowest BCUT2D eigenvalue weighted by Crippen LogP contribution is -2.25. The van der Waals surface area contributed by atoms with Gasteiger partial charge >= 0.3 is 0 Å². The fourth-order valence-corrected chi connectivity index (χ4v) is 2.83. The second kappa shape index (κ2) is 7.25. The Balaban J connectivity index is 1.58. The van der Waals surface area contributed by atoms with Crippen LogP contribution in [0.1, 0.15) is 21.5 Å². The smallest absolute Gasteiger partial charge is 0.251 e. The van der Waals surface area contributed by atoms with Crippen molar-refractivity contribution in [3.63, 3.8) is 0 Å². The Labute approximate surface area is 146 Å². The number of methoxy groups -OCH3 is 2. The summed E-state index contributed by atoms with van der Waals surface area (Å²) in [6, 6.07) is 10.9. The van der Waals surface area contributed by atoms with Crippen LogP contribution < -0.4 is 20.1 Å². The van der Waals surface area contributed by atoms with E-state index in [1.807, 2.05) is 18.2 Å². The van der Waals surface area contributed by atoms with Crippen LogP contribution in [0.5, 0.6) is 11.5 Å². The molecule has 0 bridgehead atoms. The summed E-state index contributed by atoms with van der Waals surface area (Å²) in [5.74, 6) is 1.15. The summed E-state index contributed by atoms with van der Waals surface area (Å²) in [4.78, 5) is 23.7. The van der Waals surface area contributed by atoms with Crippen molar-refractivity contribution < 1.29 is 19.1 Å². The molecule has 0 atom stereocenters. The third-order valence-corrected chi connectivity index (χ3v) is 4.14. The van der Waals surface area contributed by atoms with Crippen LogP contribution in [0.15, 0.2) is 36.4 Å². The number of anilines is 1. The van der Waals surface area contributed by atoms with Crippen LogP contribution in [0.25, 0.3) is 0 Å². The molecule has 6 heteroatoms. The summed E-state index contributed by atoms with van der Waals surface area (Å²) in [5.41, 5.74) is 3.24. The van der Waals surface area contributed by atoms with Crippen LogP contribution in [0.2, 0.25) is 0 Å². The summed E-state index contributed by atoms with van der Waals surface area (Å²) in [6.07, 6.45) is 0.999. The van der Waals surface area contributed by atoms with Gasteiger partial charge in [-0.15, -0.1) is 0 Å². The molecule has 6 nitrogen and oxygen atoms in total. The zero-order valence-corrected chi connectivity index (χ0v) is 14.2. The molecular formula is C19H20N2O4. The van der Waals surface area contributed by atoms with Crippen LogP contribution in [0, 0.1) is 0 Å². The van der Waals surface area contributed by atoms with Crippen molar-refractivity contribution in [2.24, 2.45) is 0 Å². The molecule has 1 aliphatic heterocycles. The van der Waals surface area contributed by atoms with Gasteiger partial charge in [0.15, 0.2) is 11.5 Å². The maximum absolute atomic E-state index is 12.3. The predicted molar refractivity (Wildman–Crippen MR) is 94.4 cm³/mol. The molecule has 0 aromatic heterocycles. The molecule has 0 aliphatic carbocycles. The number of hydrogen-bond acceptors (Lipinski definition) is 4. The van der Waals surface area contributed by atoms with Gasteiger partial charge in [0.2, 0.25) is 5.91 Å². The van der Waals surface area contributed by atoms with E-state index in [9.17, 15) is 9.59 Å². The fraction of sp³-hybridized carbons (Fsp3) is 0.263. The van der Waals surface area contributed by atoms with Crippen molar-refractivity contribution in [2.45, 2.75) is 12.8 Å². The molecule has 2 amide bonds. The first-order chi connectivity index (χ1) is 12.1. The van der Waals surface area contributed by atoms with Gasteiger partial charge in [-0.1, -0.05) is 6.07 Å². The van der Waals surface area contributed by atoms with Crippen molar-refractivity contribution in [1.82, 2.24) is 5.32 Å². The number of amides is 2. The highest BCUT2D eigenvalue weighted by molar-refractivity contribution is 6.01. The summed E-state index contributed by atoms with van der Waals surface area (Å²) in [7, 11) is 3.19. The standard InChI is InChI=1S/C19H20N2O4/c1-24-16-6-3-12(9-17(16)25-2)7-8-20-19(23)13-4-5-15-14(10-13)11-18(22)21-15/h3-6,9-10H,7-8,11H2,1-2H3,(H,20,23)(H,21,22). The van der Waals surface area contributed by atoms with E-state index in [0.717, 1.165) is 16.8 Å². The molecule has 0 fully saturated rings. The Morgan fingerprint density at radius 3 is 2.68 bits per heavy atom. The van der Waals surface area contributed by atoms with E-state index in [1.165, 1.54) is 0 Å². The van der Waals surface area contributed by atoms with Gasteiger partial charge in [-0.3, -0.25) is 9.59 Å². The second-order valence-corrected chi connectivity index (χ2v) is 5.79. The first-order valence-corrected chi connectivity index (χ1v) is 8.02. The van der Waals surface area contributed by atoms with Crippen molar-refractivity contribution in [2.75, 3.05) is 26.1 Å². The van der Waals surface area contributed by atoms with Crippen molar-refractivity contribution in [1.29, 1.82) is 0 Å². The monoisotopic (exact) mass is 340 g/mol. The molecular weight excluding hydrogens is 320 g/mol. The Morgan fingerprint density at radius 1 is 1.12 bits per heavy atom. The van der Waals surface area contributed by atoms with E-state index >= 15 is 0 Å². The van der Waals surface area contributed by atoms with E-state index in [4.69, 9.17) is 9.47 Å². The van der Waals surface area contributed by atoms with Crippen LogP contribution in [-0.2, 0) is 17.6 Å². The maximum Gasteiger partial charge on any atom is 0.251 e. The van der Waals surface area contributed by atoms with Gasteiger partial charge in [0, 0.05) is 17.8 Å². The van der Waals surface area contributed by atoms with Crippen molar-refractivity contribution >= 4 is 17.5 Å². The molecule has 0 saturated carbocycles. The molecule has 0 unspecified atom stereocenters. The normalized spacial score (nSPS) is 12.3. The number of hydrogen-bond donors (Lipinski definition) is 2. The molecule has 0 radical (unpaired) electrons. The molecule has 1 aliphatic rings. The van der Waals surface area contributed by atoms with Crippen LogP contribution >= 0.6 is 0 Å². The lowest BCUT2D eigenvalue weighted by atomic mass is 10.1. The number of benzene rings is 2. The van der Waals surface area contributed by atoms with Crippen molar-refractivity contribution in [3.05, 3.63) is 53.1 Å². The summed E-state index contributed by atoms with van der Waals surface area (Å²) < 4.78 is 10.5. The summed E-state index contributed by atoms with van der Waals surface area (Å²) in [6.45, 7) is 0.503. The van der Waals surface area contributed by atoms with Gasteiger partial charge in [0.25, 0.3) is 5.91 Å². The Bertz CT molecular complexity index is 817. The van der Waals surface area contributed by atoms with Gasteiger partial charge in [0.05, 0.1) is 20.6 Å². The Morgan fingerprint density at radius 2 is 1.92 bits per heavy atom. The van der Waals surface area contributed by atoms with E-state index in [1.54, 1.807) is 32.4 Å². The highest BCUT2D eigenvalue weighted by Crippen LogP contribution is 2.27. The van der Waals surface area contributed by atoms with Gasteiger partial charge in [0.1, 0.15) is 0 Å². The number of carbonyl (C=O) groups is 2. The van der Waals surface area contributed by atoms with Gasteiger partial charge in [-0.2, -0.15) is 0 Å². The topological polar surface area (TPSA) is 76.7 Å². The zero-order chi connectivity index (χ0) is 17.8. The summed E-state index contributed by atoms with van der Waals surface area (Å²) in [5, 5.41) is 5.66. The first kappa shape index (κ1) is 16.8. The third kappa shape index (κ3) is 3.74. The molecule has 1 heterocycles. The minimum absolute atomic E-state index is 0.0407. The lowest BCUT2D eigenvalue weighted by molar-refractivity contribution is -0.115. The Hall–Kier alpha value is -3.02. The maximum atomic E-state index is 12.3. The average Bonchev–Trinajstić information content (AvgIpc) is 3.00. The predicted octanol–water partition coefficient (Wildman–Crippen LogP) is 2.17. The van der Waals surface area contributed by atoms with Crippen LogP contribution in [0.4, 0.5) is 5.69 Å². The SMILES string of the molecule is COc1ccc(CCNC(=O)c2ccc3c(c2)CC(=O)N3)cc1OC. The van der Waals surface area contributed by atoms with Crippen LogP contribution in [-0.4, -0.2) is 32.6 Å². The highest BCUT2D eigenvalue weighted by atomic mass is 16.5. The number of carbonyl (C=O) groups excluding carboxylic acids is 2. The van der Waals surface area contributed by atoms with Crippen molar-refractivity contribution in [3.8, 4) is 11.5 Å². The number of fused-ring (bicyclic) bond motifs is 1. The third-order valence-electron chi connectivity index (χ3n) is 4.14.